The molecule has 184 valence electrons. The third-order valence-corrected chi connectivity index (χ3v) is 8.23. The van der Waals surface area contributed by atoms with Gasteiger partial charge in [-0.3, -0.25) is 10.1 Å². The van der Waals surface area contributed by atoms with Crippen LogP contribution in [0.4, 0.5) is 0 Å². The minimum Gasteiger partial charge on any atom is -0.335 e. The fourth-order valence-corrected chi connectivity index (χ4v) is 6.17. The van der Waals surface area contributed by atoms with Crippen LogP contribution in [0, 0.1) is 5.92 Å². The molecular weight excluding hydrogens is 478 g/mol. The van der Waals surface area contributed by atoms with Crippen molar-refractivity contribution in [2.75, 3.05) is 6.54 Å². The fourth-order valence-electron chi connectivity index (χ4n) is 5.41. The Balaban J connectivity index is 1.20. The summed E-state index contributed by atoms with van der Waals surface area (Å²) in [5, 5.41) is 14.5. The molecule has 6 aromatic rings. The van der Waals surface area contributed by atoms with Crippen LogP contribution in [0.3, 0.4) is 0 Å². The molecule has 1 saturated carbocycles. The average Bonchev–Trinajstić information content (AvgIpc) is 3.74. The summed E-state index contributed by atoms with van der Waals surface area (Å²) in [6.07, 6.45) is 11.2. The zero-order valence-electron chi connectivity index (χ0n) is 20.4. The molecule has 5 aromatic heterocycles. The minimum atomic E-state index is 0.690. The summed E-state index contributed by atoms with van der Waals surface area (Å²) in [5.74, 6) is 1.53. The first-order chi connectivity index (χ1) is 18.3. The number of aromatic amines is 2. The Kier molecular flexibility index (Phi) is 5.75. The SMILES string of the molecule is c1csc(-c2ccnc3nc(-c4n[nH]c5ccc(-c6cncc(CNCC7CCCC7)c6)cc45)[nH]c23)c1. The van der Waals surface area contributed by atoms with Gasteiger partial charge in [-0.15, -0.1) is 11.3 Å². The van der Waals surface area contributed by atoms with E-state index in [1.165, 1.54) is 36.1 Å². The first-order valence-corrected chi connectivity index (χ1v) is 13.7. The van der Waals surface area contributed by atoms with Gasteiger partial charge in [0.15, 0.2) is 11.5 Å². The maximum Gasteiger partial charge on any atom is 0.178 e. The maximum absolute atomic E-state index is 4.79. The number of pyridine rings is 2. The molecule has 1 fully saturated rings. The average molecular weight is 506 g/mol. The van der Waals surface area contributed by atoms with Crippen LogP contribution < -0.4 is 5.32 Å². The molecule has 37 heavy (non-hydrogen) atoms. The molecule has 1 aliphatic carbocycles. The summed E-state index contributed by atoms with van der Waals surface area (Å²) in [6, 6.07) is 14.8. The highest BCUT2D eigenvalue weighted by atomic mass is 32.1. The van der Waals surface area contributed by atoms with E-state index in [0.717, 1.165) is 57.8 Å². The Morgan fingerprint density at radius 1 is 1.03 bits per heavy atom. The van der Waals surface area contributed by atoms with Gasteiger partial charge in [0.25, 0.3) is 0 Å². The lowest BCUT2D eigenvalue weighted by atomic mass is 10.0. The molecule has 0 bridgehead atoms. The number of rotatable bonds is 7. The van der Waals surface area contributed by atoms with Crippen molar-refractivity contribution in [3.63, 3.8) is 0 Å². The molecule has 0 radical (unpaired) electrons. The van der Waals surface area contributed by atoms with Gasteiger partial charge in [0.05, 0.1) is 11.0 Å². The molecule has 0 amide bonds. The predicted molar refractivity (Wildman–Crippen MR) is 149 cm³/mol. The Labute approximate surface area is 218 Å². The second-order valence-corrected chi connectivity index (χ2v) is 10.8. The zero-order chi connectivity index (χ0) is 24.6. The second-order valence-electron chi connectivity index (χ2n) is 9.82. The maximum atomic E-state index is 4.79. The largest absolute Gasteiger partial charge is 0.335 e. The van der Waals surface area contributed by atoms with Gasteiger partial charge in [-0.1, -0.05) is 25.0 Å². The molecule has 5 heterocycles. The van der Waals surface area contributed by atoms with E-state index in [1.807, 2.05) is 24.7 Å². The second kappa shape index (κ2) is 9.53. The van der Waals surface area contributed by atoms with Gasteiger partial charge in [0, 0.05) is 46.5 Å². The standard InChI is InChI=1S/C29H27N7S/c1-2-5-18(4-1)14-30-15-19-12-21(17-31-16-19)20-7-8-24-23(13-20)27(36-35-24)29-33-26-22(25-6-3-11-37-25)9-10-32-28(26)34-29/h3,6-13,16-18,30H,1-2,4-5,14-15H2,(H,35,36)(H,32,33,34). The van der Waals surface area contributed by atoms with Gasteiger partial charge < -0.3 is 10.3 Å². The number of nitrogens with zero attached hydrogens (tertiary/aromatic N) is 4. The number of benzene rings is 1. The van der Waals surface area contributed by atoms with Crippen molar-refractivity contribution >= 4 is 33.4 Å². The normalized spacial score (nSPS) is 14.3. The van der Waals surface area contributed by atoms with Crippen LogP contribution in [0.15, 0.2) is 66.4 Å². The van der Waals surface area contributed by atoms with E-state index in [2.05, 4.69) is 72.2 Å². The lowest BCUT2D eigenvalue weighted by molar-refractivity contribution is 0.489. The van der Waals surface area contributed by atoms with Crippen molar-refractivity contribution in [3.05, 3.63) is 72.0 Å². The molecule has 0 spiro atoms. The van der Waals surface area contributed by atoms with E-state index in [4.69, 9.17) is 4.98 Å². The fraction of sp³-hybridized carbons (Fsp3) is 0.241. The van der Waals surface area contributed by atoms with Crippen LogP contribution >= 0.6 is 11.3 Å². The summed E-state index contributed by atoms with van der Waals surface area (Å²) in [6.45, 7) is 1.93. The molecule has 7 nitrogen and oxygen atoms in total. The lowest BCUT2D eigenvalue weighted by Gasteiger charge is -2.11. The number of fused-ring (bicyclic) bond motifs is 2. The molecule has 7 rings (SSSR count). The molecule has 0 saturated heterocycles. The number of H-pyrrole nitrogens is 2. The van der Waals surface area contributed by atoms with Crippen LogP contribution in [0.2, 0.25) is 0 Å². The molecule has 3 N–H and O–H groups in total. The Hall–Kier alpha value is -3.88. The van der Waals surface area contributed by atoms with Crippen LogP contribution in [0.25, 0.3) is 55.2 Å². The highest BCUT2D eigenvalue weighted by Gasteiger charge is 2.17. The summed E-state index contributed by atoms with van der Waals surface area (Å²) in [7, 11) is 0. The number of nitrogens with one attached hydrogen (secondary N) is 3. The summed E-state index contributed by atoms with van der Waals surface area (Å²) < 4.78 is 0. The monoisotopic (exact) mass is 505 g/mol. The van der Waals surface area contributed by atoms with Crippen molar-refractivity contribution < 1.29 is 0 Å². The van der Waals surface area contributed by atoms with Gasteiger partial charge in [-0.2, -0.15) is 5.10 Å². The third-order valence-electron chi connectivity index (χ3n) is 7.33. The van der Waals surface area contributed by atoms with E-state index in [1.54, 1.807) is 11.3 Å². The Bertz CT molecular complexity index is 1680. The first-order valence-electron chi connectivity index (χ1n) is 12.8. The molecule has 8 heteroatoms. The van der Waals surface area contributed by atoms with Gasteiger partial charge in [-0.05, 0) is 72.1 Å². The molecule has 0 unspecified atom stereocenters. The van der Waals surface area contributed by atoms with Crippen LogP contribution in [-0.2, 0) is 6.54 Å². The van der Waals surface area contributed by atoms with Crippen molar-refractivity contribution in [1.82, 2.24) is 35.5 Å². The highest BCUT2D eigenvalue weighted by Crippen LogP contribution is 2.34. The van der Waals surface area contributed by atoms with E-state index in [-0.39, 0.29) is 0 Å². The van der Waals surface area contributed by atoms with Gasteiger partial charge in [0.1, 0.15) is 5.69 Å². The van der Waals surface area contributed by atoms with E-state index < -0.39 is 0 Å². The number of imidazole rings is 1. The number of aromatic nitrogens is 6. The van der Waals surface area contributed by atoms with Crippen LogP contribution in [0.1, 0.15) is 31.2 Å². The quantitative estimate of drug-likeness (QED) is 0.228. The molecule has 0 atom stereocenters. The minimum absolute atomic E-state index is 0.690. The van der Waals surface area contributed by atoms with Gasteiger partial charge >= 0.3 is 0 Å². The topological polar surface area (TPSA) is 95.2 Å². The summed E-state index contributed by atoms with van der Waals surface area (Å²) in [4.78, 5) is 18.5. The predicted octanol–water partition coefficient (Wildman–Crippen LogP) is 6.57. The van der Waals surface area contributed by atoms with Crippen molar-refractivity contribution in [2.45, 2.75) is 32.2 Å². The summed E-state index contributed by atoms with van der Waals surface area (Å²) >= 11 is 1.70. The third kappa shape index (κ3) is 4.32. The van der Waals surface area contributed by atoms with Crippen molar-refractivity contribution in [1.29, 1.82) is 0 Å². The van der Waals surface area contributed by atoms with E-state index in [9.17, 15) is 0 Å². The number of hydrogen-bond acceptors (Lipinski definition) is 6. The summed E-state index contributed by atoms with van der Waals surface area (Å²) in [5.41, 5.74) is 7.87. The Morgan fingerprint density at radius 3 is 2.86 bits per heavy atom. The van der Waals surface area contributed by atoms with Crippen LogP contribution in [0.5, 0.6) is 0 Å². The zero-order valence-corrected chi connectivity index (χ0v) is 21.2. The number of hydrogen-bond donors (Lipinski definition) is 3. The van der Waals surface area contributed by atoms with E-state index in [0.29, 0.717) is 11.5 Å². The van der Waals surface area contributed by atoms with Crippen molar-refractivity contribution in [2.24, 2.45) is 5.92 Å². The van der Waals surface area contributed by atoms with Crippen molar-refractivity contribution in [3.8, 4) is 33.1 Å². The smallest absolute Gasteiger partial charge is 0.178 e. The first kappa shape index (κ1) is 22.3. The van der Waals surface area contributed by atoms with Gasteiger partial charge in [-0.25, -0.2) is 9.97 Å². The molecule has 1 aromatic carbocycles. The van der Waals surface area contributed by atoms with Gasteiger partial charge in [0.2, 0.25) is 0 Å². The highest BCUT2D eigenvalue weighted by molar-refractivity contribution is 7.13. The molecular formula is C29H27N7S. The lowest BCUT2D eigenvalue weighted by Crippen LogP contribution is -2.20. The van der Waals surface area contributed by atoms with Crippen LogP contribution in [-0.4, -0.2) is 36.7 Å². The molecule has 0 aliphatic heterocycles. The van der Waals surface area contributed by atoms with E-state index >= 15 is 0 Å². The Morgan fingerprint density at radius 2 is 1.97 bits per heavy atom. The molecule has 1 aliphatic rings. The number of thiophene rings is 1.